The van der Waals surface area contributed by atoms with Gasteiger partial charge in [-0.2, -0.15) is 0 Å². The number of urea groups is 1. The zero-order chi connectivity index (χ0) is 25.4. The second-order valence-corrected chi connectivity index (χ2v) is 8.23. The fourth-order valence-corrected chi connectivity index (χ4v) is 3.22. The Hall–Kier alpha value is -2.58. The van der Waals surface area contributed by atoms with Crippen LogP contribution in [0.2, 0.25) is 0 Å². The lowest BCUT2D eigenvalue weighted by molar-refractivity contribution is -0.150. The van der Waals surface area contributed by atoms with Crippen LogP contribution in [0, 0.1) is 0 Å². The molecule has 0 aliphatic rings. The molecule has 34 heavy (non-hydrogen) atoms. The number of rotatable bonds is 20. The summed E-state index contributed by atoms with van der Waals surface area (Å²) in [6.45, 7) is 3.58. The molecule has 0 unspecified atom stereocenters. The Bertz CT molecular complexity index is 609. The van der Waals surface area contributed by atoms with E-state index < -0.39 is 18.0 Å². The molecule has 9 heteroatoms. The molecule has 0 spiro atoms. The molecule has 0 aromatic rings. The van der Waals surface area contributed by atoms with Crippen LogP contribution in [0.15, 0.2) is 12.2 Å². The molecule has 9 nitrogen and oxygen atoms in total. The van der Waals surface area contributed by atoms with Crippen molar-refractivity contribution in [3.8, 4) is 0 Å². The number of esters is 2. The van der Waals surface area contributed by atoms with Crippen molar-refractivity contribution in [1.29, 1.82) is 0 Å². The lowest BCUT2D eigenvalue weighted by Gasteiger charge is -2.15. The summed E-state index contributed by atoms with van der Waals surface area (Å²) in [5, 5.41) is 8.29. The summed E-state index contributed by atoms with van der Waals surface area (Å²) in [5.41, 5.74) is 0. The maximum atomic E-state index is 12.0. The Morgan fingerprint density at radius 3 is 1.94 bits per heavy atom. The highest BCUT2D eigenvalue weighted by molar-refractivity contribution is 5.88. The minimum Gasteiger partial charge on any atom is -0.469 e. The van der Waals surface area contributed by atoms with Crippen molar-refractivity contribution in [3.05, 3.63) is 12.2 Å². The van der Waals surface area contributed by atoms with E-state index in [4.69, 9.17) is 0 Å². The number of carbonyl (C=O) groups excluding carboxylic acids is 4. The zero-order valence-electron chi connectivity index (χ0n) is 21.3. The largest absolute Gasteiger partial charge is 0.469 e. The molecule has 0 aromatic carbocycles. The highest BCUT2D eigenvalue weighted by Gasteiger charge is 2.24. The van der Waals surface area contributed by atoms with Crippen molar-refractivity contribution in [3.63, 3.8) is 0 Å². The monoisotopic (exact) mass is 483 g/mol. The smallest absolute Gasteiger partial charge is 0.328 e. The quantitative estimate of drug-likeness (QED) is 0.138. The molecule has 0 fully saturated rings. The highest BCUT2D eigenvalue weighted by atomic mass is 16.5. The van der Waals surface area contributed by atoms with Crippen molar-refractivity contribution >= 4 is 23.9 Å². The van der Waals surface area contributed by atoms with Crippen LogP contribution in [0.5, 0.6) is 0 Å². The number of ether oxygens (including phenoxy) is 2. The van der Waals surface area contributed by atoms with Crippen LogP contribution in [-0.2, 0) is 23.9 Å². The summed E-state index contributed by atoms with van der Waals surface area (Å²) in [7, 11) is 2.44. The minimum atomic E-state index is -1.02. The van der Waals surface area contributed by atoms with Gasteiger partial charge in [-0.25, -0.2) is 9.59 Å². The SMILES string of the molecule is CCCCCNC(=O)NCCCC/C=C\CCCCCCC(=O)N[C@@H](CC(=O)OC)C(=O)OC. The Morgan fingerprint density at radius 2 is 1.35 bits per heavy atom. The molecule has 0 rings (SSSR count). The van der Waals surface area contributed by atoms with Gasteiger partial charge in [-0.15, -0.1) is 0 Å². The molecule has 0 heterocycles. The predicted molar refractivity (Wildman–Crippen MR) is 132 cm³/mol. The van der Waals surface area contributed by atoms with Gasteiger partial charge in [0, 0.05) is 19.5 Å². The molecule has 0 aliphatic carbocycles. The van der Waals surface area contributed by atoms with Gasteiger partial charge in [0.2, 0.25) is 5.91 Å². The molecular formula is C25H45N3O6. The molecule has 3 amide bonds. The normalized spacial score (nSPS) is 11.6. The molecular weight excluding hydrogens is 438 g/mol. The second-order valence-electron chi connectivity index (χ2n) is 8.23. The van der Waals surface area contributed by atoms with E-state index in [1.54, 1.807) is 0 Å². The molecule has 0 saturated heterocycles. The summed E-state index contributed by atoms with van der Waals surface area (Å²) in [5.74, 6) is -1.52. The van der Waals surface area contributed by atoms with Crippen molar-refractivity contribution in [2.75, 3.05) is 27.3 Å². The molecule has 0 radical (unpaired) electrons. The third-order valence-electron chi connectivity index (χ3n) is 5.26. The van der Waals surface area contributed by atoms with Gasteiger partial charge in [-0.1, -0.05) is 44.8 Å². The topological polar surface area (TPSA) is 123 Å². The van der Waals surface area contributed by atoms with Crippen molar-refractivity contribution < 1.29 is 28.7 Å². The van der Waals surface area contributed by atoms with Gasteiger partial charge in [0.15, 0.2) is 0 Å². The maximum Gasteiger partial charge on any atom is 0.328 e. The average Bonchev–Trinajstić information content (AvgIpc) is 2.83. The van der Waals surface area contributed by atoms with Crippen molar-refractivity contribution in [2.45, 2.75) is 96.4 Å². The van der Waals surface area contributed by atoms with E-state index in [0.29, 0.717) is 13.0 Å². The van der Waals surface area contributed by atoms with E-state index in [0.717, 1.165) is 77.2 Å². The van der Waals surface area contributed by atoms with E-state index in [-0.39, 0.29) is 18.4 Å². The van der Waals surface area contributed by atoms with Crippen LogP contribution < -0.4 is 16.0 Å². The van der Waals surface area contributed by atoms with Crippen LogP contribution >= 0.6 is 0 Å². The second kappa shape index (κ2) is 22.2. The number of nitrogens with one attached hydrogen (secondary N) is 3. The Morgan fingerprint density at radius 1 is 0.765 bits per heavy atom. The lowest BCUT2D eigenvalue weighted by Crippen LogP contribution is -2.43. The third kappa shape index (κ3) is 18.9. The van der Waals surface area contributed by atoms with Crippen LogP contribution in [0.3, 0.4) is 0 Å². The molecule has 196 valence electrons. The van der Waals surface area contributed by atoms with Crippen LogP contribution in [0.25, 0.3) is 0 Å². The van der Waals surface area contributed by atoms with E-state index in [9.17, 15) is 19.2 Å². The van der Waals surface area contributed by atoms with E-state index >= 15 is 0 Å². The zero-order valence-corrected chi connectivity index (χ0v) is 21.3. The summed E-state index contributed by atoms with van der Waals surface area (Å²) < 4.78 is 9.16. The number of allylic oxidation sites excluding steroid dienone is 2. The van der Waals surface area contributed by atoms with Gasteiger partial charge in [-0.05, 0) is 44.9 Å². The van der Waals surface area contributed by atoms with Gasteiger partial charge in [0.25, 0.3) is 0 Å². The standard InChI is InChI=1S/C25H45N3O6/c1-4-5-15-18-26-25(32)27-19-16-13-11-9-7-6-8-10-12-14-17-22(29)28-21(24(31)34-3)20-23(30)33-2/h7,9,21H,4-6,8,10-20H2,1-3H3,(H,28,29)(H2,26,27,32)/b9-7-/t21-/m0/s1. The van der Waals surface area contributed by atoms with Crippen molar-refractivity contribution in [2.24, 2.45) is 0 Å². The molecule has 1 atom stereocenters. The third-order valence-corrected chi connectivity index (χ3v) is 5.26. The molecule has 0 aromatic heterocycles. The van der Waals surface area contributed by atoms with Gasteiger partial charge in [-0.3, -0.25) is 9.59 Å². The maximum absolute atomic E-state index is 12.0. The number of amides is 3. The number of unbranched alkanes of at least 4 members (excludes halogenated alkanes) is 8. The van der Waals surface area contributed by atoms with Gasteiger partial charge >= 0.3 is 18.0 Å². The van der Waals surface area contributed by atoms with Gasteiger partial charge in [0.1, 0.15) is 6.04 Å². The van der Waals surface area contributed by atoms with E-state index in [1.165, 1.54) is 14.2 Å². The molecule has 3 N–H and O–H groups in total. The fraction of sp³-hybridized carbons (Fsp3) is 0.760. The summed E-state index contributed by atoms with van der Waals surface area (Å²) in [6.07, 6.45) is 15.5. The first-order chi connectivity index (χ1) is 16.4. The lowest BCUT2D eigenvalue weighted by atomic mass is 10.1. The predicted octanol–water partition coefficient (Wildman–Crippen LogP) is 3.76. The van der Waals surface area contributed by atoms with Crippen LogP contribution in [-0.4, -0.2) is 57.2 Å². The Kier molecular flexibility index (Phi) is 20.5. The Balaban J connectivity index is 3.66. The number of hydrogen-bond acceptors (Lipinski definition) is 6. The summed E-state index contributed by atoms with van der Waals surface area (Å²) in [4.78, 5) is 46.6. The number of hydrogen-bond donors (Lipinski definition) is 3. The van der Waals surface area contributed by atoms with Gasteiger partial charge in [0.05, 0.1) is 20.6 Å². The van der Waals surface area contributed by atoms with E-state index in [2.05, 4.69) is 44.5 Å². The average molecular weight is 484 g/mol. The summed E-state index contributed by atoms with van der Waals surface area (Å²) in [6, 6.07) is -1.09. The highest BCUT2D eigenvalue weighted by Crippen LogP contribution is 2.08. The Labute approximate surface area is 204 Å². The summed E-state index contributed by atoms with van der Waals surface area (Å²) >= 11 is 0. The van der Waals surface area contributed by atoms with Crippen LogP contribution in [0.4, 0.5) is 4.79 Å². The molecule has 0 bridgehead atoms. The number of carbonyl (C=O) groups is 4. The first-order valence-electron chi connectivity index (χ1n) is 12.5. The van der Waals surface area contributed by atoms with Crippen molar-refractivity contribution in [1.82, 2.24) is 16.0 Å². The molecule has 0 aliphatic heterocycles. The minimum absolute atomic E-state index is 0.0754. The number of methoxy groups -OCH3 is 2. The first kappa shape index (κ1) is 31.4. The molecule has 0 saturated carbocycles. The first-order valence-corrected chi connectivity index (χ1v) is 12.5. The van der Waals surface area contributed by atoms with Gasteiger partial charge < -0.3 is 25.4 Å². The van der Waals surface area contributed by atoms with Crippen LogP contribution in [0.1, 0.15) is 90.4 Å². The fourth-order valence-electron chi connectivity index (χ4n) is 3.22. The van der Waals surface area contributed by atoms with E-state index in [1.807, 2.05) is 0 Å².